The Morgan fingerprint density at radius 2 is 2.08 bits per heavy atom. The van der Waals surface area contributed by atoms with E-state index >= 15 is 0 Å². The van der Waals surface area contributed by atoms with Gasteiger partial charge >= 0.3 is 0 Å². The van der Waals surface area contributed by atoms with Crippen LogP contribution < -0.4 is 10.2 Å². The summed E-state index contributed by atoms with van der Waals surface area (Å²) in [5.41, 5.74) is 1.90. The number of benzene rings is 1. The molecule has 124 valence electrons. The number of anilines is 2. The second-order valence-corrected chi connectivity index (χ2v) is 7.46. The smallest absolute Gasteiger partial charge is 0.249 e. The van der Waals surface area contributed by atoms with E-state index in [9.17, 15) is 9.59 Å². The molecule has 1 aromatic carbocycles. The molecule has 2 amide bonds. The molecule has 1 saturated carbocycles. The molecule has 2 heterocycles. The first-order valence-corrected chi connectivity index (χ1v) is 8.78. The average molecular weight is 342 g/mol. The molecule has 2 aliphatic rings. The number of nitrogens with one attached hydrogen (secondary N) is 1. The maximum Gasteiger partial charge on any atom is 0.249 e. The van der Waals surface area contributed by atoms with Gasteiger partial charge in [-0.15, -0.1) is 0 Å². The minimum atomic E-state index is -0.538. The van der Waals surface area contributed by atoms with E-state index in [1.165, 1.54) is 18.5 Å². The Morgan fingerprint density at radius 1 is 1.33 bits per heavy atom. The Labute approximate surface area is 144 Å². The van der Waals surface area contributed by atoms with E-state index in [-0.39, 0.29) is 17.2 Å². The molecule has 0 spiro atoms. The van der Waals surface area contributed by atoms with Crippen LogP contribution in [0.4, 0.5) is 10.8 Å². The van der Waals surface area contributed by atoms with Gasteiger partial charge in [0.1, 0.15) is 6.04 Å². The molecule has 2 aromatic rings. The summed E-state index contributed by atoms with van der Waals surface area (Å²) in [4.78, 5) is 30.8. The molecule has 1 aliphatic carbocycles. The number of nitrogens with zero attached hydrogens (tertiary/aromatic N) is 3. The third kappa shape index (κ3) is 2.49. The number of aromatic nitrogens is 2. The van der Waals surface area contributed by atoms with Crippen LogP contribution in [0.5, 0.6) is 0 Å². The molecule has 0 saturated heterocycles. The third-order valence-electron chi connectivity index (χ3n) is 4.81. The van der Waals surface area contributed by atoms with Crippen molar-refractivity contribution < 1.29 is 9.59 Å². The second-order valence-electron chi connectivity index (χ2n) is 6.71. The molecule has 4 rings (SSSR count). The number of rotatable bonds is 3. The van der Waals surface area contributed by atoms with E-state index in [0.717, 1.165) is 29.9 Å². The van der Waals surface area contributed by atoms with Gasteiger partial charge in [-0.1, -0.05) is 25.1 Å². The standard InChI is InChI=1S/C17H18N4O2S/c1-10(22)21-12-6-4-3-5-11(12)9-13(21)14(23)18-16-19-15(20-24-16)17(2)7-8-17/h3-6,13H,7-9H2,1-2H3,(H,18,19,20,23)/t13-/m0/s1. The summed E-state index contributed by atoms with van der Waals surface area (Å²) in [7, 11) is 0. The van der Waals surface area contributed by atoms with Crippen molar-refractivity contribution in [3.8, 4) is 0 Å². The number of amides is 2. The summed E-state index contributed by atoms with van der Waals surface area (Å²) in [5.74, 6) is 0.453. The van der Waals surface area contributed by atoms with Crippen LogP contribution in [0.2, 0.25) is 0 Å². The highest BCUT2D eigenvalue weighted by Crippen LogP contribution is 2.46. The van der Waals surface area contributed by atoms with E-state index < -0.39 is 6.04 Å². The maximum absolute atomic E-state index is 12.7. The summed E-state index contributed by atoms with van der Waals surface area (Å²) in [5, 5.41) is 3.34. The van der Waals surface area contributed by atoms with Gasteiger partial charge in [0.15, 0.2) is 5.82 Å². The molecule has 7 heteroatoms. The minimum absolute atomic E-state index is 0.0779. The first kappa shape index (κ1) is 15.3. The molecule has 0 radical (unpaired) electrons. The van der Waals surface area contributed by atoms with Crippen molar-refractivity contribution in [1.29, 1.82) is 0 Å². The van der Waals surface area contributed by atoms with Crippen LogP contribution in [0.25, 0.3) is 0 Å². The van der Waals surface area contributed by atoms with Crippen LogP contribution in [0.3, 0.4) is 0 Å². The van der Waals surface area contributed by atoms with E-state index in [1.54, 1.807) is 4.90 Å². The van der Waals surface area contributed by atoms with Crippen molar-refractivity contribution in [2.24, 2.45) is 0 Å². The third-order valence-corrected chi connectivity index (χ3v) is 5.44. The molecule has 24 heavy (non-hydrogen) atoms. The number of hydrogen-bond acceptors (Lipinski definition) is 5. The van der Waals surface area contributed by atoms with Crippen LogP contribution in [-0.2, 0) is 21.4 Å². The lowest BCUT2D eigenvalue weighted by atomic mass is 10.1. The van der Waals surface area contributed by atoms with Gasteiger partial charge in [-0.2, -0.15) is 4.37 Å². The quantitative estimate of drug-likeness (QED) is 0.930. The molecule has 0 bridgehead atoms. The Bertz CT molecular complexity index is 828. The predicted molar refractivity (Wildman–Crippen MR) is 92.2 cm³/mol. The lowest BCUT2D eigenvalue weighted by Gasteiger charge is -2.22. The molecule has 1 fully saturated rings. The number of carbonyl (C=O) groups is 2. The van der Waals surface area contributed by atoms with Crippen LogP contribution in [0.1, 0.15) is 38.1 Å². The molecule has 1 atom stereocenters. The van der Waals surface area contributed by atoms with Crippen LogP contribution >= 0.6 is 11.5 Å². The zero-order valence-corrected chi connectivity index (χ0v) is 14.4. The molecule has 1 N–H and O–H groups in total. The summed E-state index contributed by atoms with van der Waals surface area (Å²) >= 11 is 1.20. The Kier molecular flexibility index (Phi) is 3.42. The van der Waals surface area contributed by atoms with Crippen LogP contribution in [0, 0.1) is 0 Å². The summed E-state index contributed by atoms with van der Waals surface area (Å²) in [6, 6.07) is 7.09. The number of carbonyl (C=O) groups excluding carboxylic acids is 2. The van der Waals surface area contributed by atoms with Crippen molar-refractivity contribution in [1.82, 2.24) is 9.36 Å². The SMILES string of the molecule is CC(=O)N1c2ccccc2C[C@H]1C(=O)Nc1nc(C2(C)CC2)ns1. The van der Waals surface area contributed by atoms with Gasteiger partial charge in [-0.05, 0) is 24.5 Å². The zero-order chi connectivity index (χ0) is 16.9. The van der Waals surface area contributed by atoms with Crippen LogP contribution in [-0.4, -0.2) is 27.2 Å². The van der Waals surface area contributed by atoms with Crippen molar-refractivity contribution in [2.45, 2.75) is 44.6 Å². The summed E-state index contributed by atoms with van der Waals surface area (Å²) in [6.07, 6.45) is 2.70. The largest absolute Gasteiger partial charge is 0.300 e. The van der Waals surface area contributed by atoms with E-state index in [2.05, 4.69) is 21.6 Å². The fourth-order valence-corrected chi connectivity index (χ4v) is 3.81. The Hall–Kier alpha value is -2.28. The van der Waals surface area contributed by atoms with Crippen molar-refractivity contribution in [3.63, 3.8) is 0 Å². The summed E-state index contributed by atoms with van der Waals surface area (Å²) < 4.78 is 4.36. The van der Waals surface area contributed by atoms with Crippen LogP contribution in [0.15, 0.2) is 24.3 Å². The maximum atomic E-state index is 12.7. The van der Waals surface area contributed by atoms with Gasteiger partial charge in [0.05, 0.1) is 0 Å². The van der Waals surface area contributed by atoms with Gasteiger partial charge in [0, 0.05) is 36.0 Å². The lowest BCUT2D eigenvalue weighted by molar-refractivity contribution is -0.122. The van der Waals surface area contributed by atoms with Gasteiger partial charge in [0.25, 0.3) is 0 Å². The van der Waals surface area contributed by atoms with Gasteiger partial charge in [-0.25, -0.2) is 4.98 Å². The highest BCUT2D eigenvalue weighted by Gasteiger charge is 2.43. The Morgan fingerprint density at radius 3 is 2.79 bits per heavy atom. The van der Waals surface area contributed by atoms with Crippen molar-refractivity contribution in [2.75, 3.05) is 10.2 Å². The molecule has 6 nitrogen and oxygen atoms in total. The van der Waals surface area contributed by atoms with Gasteiger partial charge in [0.2, 0.25) is 16.9 Å². The second kappa shape index (κ2) is 5.37. The fourth-order valence-electron chi connectivity index (χ4n) is 3.10. The first-order valence-electron chi connectivity index (χ1n) is 8.01. The van der Waals surface area contributed by atoms with E-state index in [1.807, 2.05) is 24.3 Å². The first-order chi connectivity index (χ1) is 11.5. The average Bonchev–Trinajstić information content (AvgIpc) is 3.01. The fraction of sp³-hybridized carbons (Fsp3) is 0.412. The molecular formula is C17H18N4O2S. The Balaban J connectivity index is 1.54. The highest BCUT2D eigenvalue weighted by molar-refractivity contribution is 7.09. The molecule has 1 aromatic heterocycles. The van der Waals surface area contributed by atoms with Crippen molar-refractivity contribution in [3.05, 3.63) is 35.7 Å². The topological polar surface area (TPSA) is 75.2 Å². The monoisotopic (exact) mass is 342 g/mol. The van der Waals surface area contributed by atoms with Gasteiger partial charge < -0.3 is 0 Å². The predicted octanol–water partition coefficient (Wildman–Crippen LogP) is 2.51. The molecule has 1 aliphatic heterocycles. The highest BCUT2D eigenvalue weighted by atomic mass is 32.1. The van der Waals surface area contributed by atoms with Gasteiger partial charge in [-0.3, -0.25) is 19.8 Å². The van der Waals surface area contributed by atoms with E-state index in [0.29, 0.717) is 11.6 Å². The molecule has 0 unspecified atom stereocenters. The number of hydrogen-bond donors (Lipinski definition) is 1. The molecular weight excluding hydrogens is 324 g/mol. The van der Waals surface area contributed by atoms with E-state index in [4.69, 9.17) is 0 Å². The zero-order valence-electron chi connectivity index (χ0n) is 13.6. The summed E-state index contributed by atoms with van der Waals surface area (Å²) in [6.45, 7) is 3.62. The normalized spacial score (nSPS) is 20.6. The lowest BCUT2D eigenvalue weighted by Crippen LogP contribution is -2.44. The minimum Gasteiger partial charge on any atom is -0.300 e. The number of para-hydroxylation sites is 1. The van der Waals surface area contributed by atoms with Crippen molar-refractivity contribution >= 4 is 34.2 Å². The number of fused-ring (bicyclic) bond motifs is 1.